The molecule has 0 saturated heterocycles. The molecule has 0 radical (unpaired) electrons. The number of rotatable bonds is 9. The summed E-state index contributed by atoms with van der Waals surface area (Å²) in [7, 11) is 0. The van der Waals surface area contributed by atoms with Crippen LogP contribution in [0.5, 0.6) is 0 Å². The SMILES string of the molecule is CCNC(=O)CC[C@H](N)C(=O)N[C@@H](CC(C)C)C(=O)O. The second kappa shape index (κ2) is 9.30. The number of aliphatic carboxylic acids is 1. The van der Waals surface area contributed by atoms with E-state index in [1.165, 1.54) is 0 Å². The second-order valence-electron chi connectivity index (χ2n) is 5.13. The van der Waals surface area contributed by atoms with E-state index in [9.17, 15) is 14.4 Å². The van der Waals surface area contributed by atoms with Crippen LogP contribution in [-0.4, -0.2) is 41.5 Å². The molecule has 7 nitrogen and oxygen atoms in total. The Labute approximate surface area is 119 Å². The van der Waals surface area contributed by atoms with Gasteiger partial charge in [-0.2, -0.15) is 0 Å². The highest BCUT2D eigenvalue weighted by Gasteiger charge is 2.24. The lowest BCUT2D eigenvalue weighted by Crippen LogP contribution is -2.49. The zero-order valence-corrected chi connectivity index (χ0v) is 12.3. The number of carbonyl (C=O) groups excluding carboxylic acids is 2. The van der Waals surface area contributed by atoms with Crippen molar-refractivity contribution >= 4 is 17.8 Å². The average Bonchev–Trinajstić information content (AvgIpc) is 2.34. The Balaban J connectivity index is 4.28. The van der Waals surface area contributed by atoms with Crippen LogP contribution in [0, 0.1) is 5.92 Å². The highest BCUT2D eigenvalue weighted by atomic mass is 16.4. The number of carboxylic acid groups (broad SMARTS) is 1. The Morgan fingerprint density at radius 3 is 2.30 bits per heavy atom. The van der Waals surface area contributed by atoms with Crippen LogP contribution in [0.25, 0.3) is 0 Å². The Morgan fingerprint density at radius 1 is 1.25 bits per heavy atom. The van der Waals surface area contributed by atoms with E-state index in [2.05, 4.69) is 10.6 Å². The van der Waals surface area contributed by atoms with Gasteiger partial charge in [-0.05, 0) is 25.7 Å². The van der Waals surface area contributed by atoms with Crippen LogP contribution in [0.15, 0.2) is 0 Å². The van der Waals surface area contributed by atoms with Gasteiger partial charge in [0.25, 0.3) is 0 Å². The van der Waals surface area contributed by atoms with Crippen LogP contribution in [0.4, 0.5) is 0 Å². The number of nitrogens with one attached hydrogen (secondary N) is 2. The Bertz CT molecular complexity index is 345. The molecule has 0 fully saturated rings. The summed E-state index contributed by atoms with van der Waals surface area (Å²) >= 11 is 0. The van der Waals surface area contributed by atoms with Crippen LogP contribution in [-0.2, 0) is 14.4 Å². The third-order valence-corrected chi connectivity index (χ3v) is 2.71. The summed E-state index contributed by atoms with van der Waals surface area (Å²) in [5.74, 6) is -1.65. The van der Waals surface area contributed by atoms with Gasteiger partial charge in [-0.1, -0.05) is 13.8 Å². The number of carbonyl (C=O) groups is 3. The fourth-order valence-electron chi connectivity index (χ4n) is 1.67. The summed E-state index contributed by atoms with van der Waals surface area (Å²) in [6.45, 7) is 6.07. The maximum absolute atomic E-state index is 11.8. The van der Waals surface area contributed by atoms with E-state index < -0.39 is 24.0 Å². The van der Waals surface area contributed by atoms with E-state index in [0.717, 1.165) is 0 Å². The lowest BCUT2D eigenvalue weighted by molar-refractivity contribution is -0.142. The van der Waals surface area contributed by atoms with Gasteiger partial charge >= 0.3 is 5.97 Å². The molecular formula is C13H25N3O4. The number of hydrogen-bond acceptors (Lipinski definition) is 4. The highest BCUT2D eigenvalue weighted by molar-refractivity contribution is 5.87. The summed E-state index contributed by atoms with van der Waals surface area (Å²) in [4.78, 5) is 34.1. The molecule has 2 atom stereocenters. The number of carboxylic acids is 1. The van der Waals surface area contributed by atoms with Gasteiger partial charge in [0.2, 0.25) is 11.8 Å². The number of nitrogens with two attached hydrogens (primary N) is 1. The normalized spacial score (nSPS) is 13.7. The molecule has 0 aromatic rings. The first-order chi connectivity index (χ1) is 9.27. The predicted octanol–water partition coefficient (Wildman–Crippen LogP) is -0.154. The van der Waals surface area contributed by atoms with Crippen molar-refractivity contribution in [3.05, 3.63) is 0 Å². The molecule has 5 N–H and O–H groups in total. The third kappa shape index (κ3) is 7.73. The minimum atomic E-state index is -1.08. The maximum atomic E-state index is 11.8. The number of hydrogen-bond donors (Lipinski definition) is 4. The van der Waals surface area contributed by atoms with E-state index in [1.54, 1.807) is 6.92 Å². The topological polar surface area (TPSA) is 122 Å². The Kier molecular flexibility index (Phi) is 8.54. The molecule has 116 valence electrons. The first kappa shape index (κ1) is 18.4. The zero-order valence-electron chi connectivity index (χ0n) is 12.3. The van der Waals surface area contributed by atoms with Gasteiger partial charge in [0.05, 0.1) is 6.04 Å². The van der Waals surface area contributed by atoms with Gasteiger partial charge in [-0.25, -0.2) is 4.79 Å². The van der Waals surface area contributed by atoms with E-state index in [-0.39, 0.29) is 24.7 Å². The summed E-state index contributed by atoms with van der Waals surface area (Å²) in [5.41, 5.74) is 5.66. The van der Waals surface area contributed by atoms with E-state index in [1.807, 2.05) is 13.8 Å². The molecule has 0 rings (SSSR count). The van der Waals surface area contributed by atoms with Crippen LogP contribution in [0.2, 0.25) is 0 Å². The van der Waals surface area contributed by atoms with Crippen molar-refractivity contribution in [2.45, 2.75) is 52.1 Å². The summed E-state index contributed by atoms with van der Waals surface area (Å²) in [6, 6.07) is -1.83. The van der Waals surface area contributed by atoms with Crippen molar-refractivity contribution in [3.8, 4) is 0 Å². The highest BCUT2D eigenvalue weighted by Crippen LogP contribution is 2.05. The van der Waals surface area contributed by atoms with Gasteiger partial charge in [0.15, 0.2) is 0 Å². The standard InChI is InChI=1S/C13H25N3O4/c1-4-15-11(17)6-5-9(14)12(18)16-10(13(19)20)7-8(2)3/h8-10H,4-7,14H2,1-3H3,(H,15,17)(H,16,18)(H,19,20)/t9-,10-/m0/s1. The first-order valence-corrected chi connectivity index (χ1v) is 6.83. The fraction of sp³-hybridized carbons (Fsp3) is 0.769. The molecule has 2 amide bonds. The minimum absolute atomic E-state index is 0.142. The molecule has 0 unspecified atom stereocenters. The second-order valence-corrected chi connectivity index (χ2v) is 5.13. The van der Waals surface area contributed by atoms with Crippen molar-refractivity contribution in [2.24, 2.45) is 11.7 Å². The smallest absolute Gasteiger partial charge is 0.326 e. The quantitative estimate of drug-likeness (QED) is 0.469. The maximum Gasteiger partial charge on any atom is 0.326 e. The van der Waals surface area contributed by atoms with Crippen molar-refractivity contribution in [2.75, 3.05) is 6.54 Å². The van der Waals surface area contributed by atoms with Crippen molar-refractivity contribution in [3.63, 3.8) is 0 Å². The van der Waals surface area contributed by atoms with Crippen LogP contribution in [0.3, 0.4) is 0 Å². The Morgan fingerprint density at radius 2 is 1.85 bits per heavy atom. The minimum Gasteiger partial charge on any atom is -0.480 e. The largest absolute Gasteiger partial charge is 0.480 e. The molecule has 0 aromatic carbocycles. The molecular weight excluding hydrogens is 262 g/mol. The summed E-state index contributed by atoms with van der Waals surface area (Å²) in [5, 5.41) is 14.0. The van der Waals surface area contributed by atoms with Gasteiger partial charge in [-0.15, -0.1) is 0 Å². The van der Waals surface area contributed by atoms with Gasteiger partial charge in [0.1, 0.15) is 6.04 Å². The van der Waals surface area contributed by atoms with Crippen molar-refractivity contribution in [1.29, 1.82) is 0 Å². The Hall–Kier alpha value is -1.63. The molecule has 0 spiro atoms. The summed E-state index contributed by atoms with van der Waals surface area (Å²) < 4.78 is 0. The van der Waals surface area contributed by atoms with Crippen LogP contribution < -0.4 is 16.4 Å². The van der Waals surface area contributed by atoms with Crippen LogP contribution in [0.1, 0.15) is 40.0 Å². The zero-order chi connectivity index (χ0) is 15.7. The van der Waals surface area contributed by atoms with Crippen molar-refractivity contribution < 1.29 is 19.5 Å². The molecule has 0 saturated carbocycles. The number of amides is 2. The predicted molar refractivity (Wildman–Crippen MR) is 74.9 cm³/mol. The fourth-order valence-corrected chi connectivity index (χ4v) is 1.67. The molecule has 0 aliphatic heterocycles. The van der Waals surface area contributed by atoms with Gasteiger partial charge in [-0.3, -0.25) is 9.59 Å². The van der Waals surface area contributed by atoms with E-state index >= 15 is 0 Å². The molecule has 20 heavy (non-hydrogen) atoms. The van der Waals surface area contributed by atoms with Crippen LogP contribution >= 0.6 is 0 Å². The lowest BCUT2D eigenvalue weighted by Gasteiger charge is -2.19. The average molecular weight is 287 g/mol. The summed E-state index contributed by atoms with van der Waals surface area (Å²) in [6.07, 6.45) is 0.667. The molecule has 7 heteroatoms. The monoisotopic (exact) mass is 287 g/mol. The van der Waals surface area contributed by atoms with E-state index in [4.69, 9.17) is 10.8 Å². The lowest BCUT2D eigenvalue weighted by atomic mass is 10.0. The van der Waals surface area contributed by atoms with E-state index in [0.29, 0.717) is 13.0 Å². The molecule has 0 bridgehead atoms. The van der Waals surface area contributed by atoms with Gasteiger partial charge in [0, 0.05) is 13.0 Å². The molecule has 0 heterocycles. The molecule has 0 aromatic heterocycles. The van der Waals surface area contributed by atoms with Crippen molar-refractivity contribution in [1.82, 2.24) is 10.6 Å². The first-order valence-electron chi connectivity index (χ1n) is 6.83. The van der Waals surface area contributed by atoms with Gasteiger partial charge < -0.3 is 21.5 Å². The third-order valence-electron chi connectivity index (χ3n) is 2.71. The molecule has 0 aliphatic carbocycles. The molecule has 0 aliphatic rings.